The maximum atomic E-state index is 12.3. The van der Waals surface area contributed by atoms with Crippen molar-refractivity contribution in [1.29, 1.82) is 0 Å². The first kappa shape index (κ1) is 18.2. The summed E-state index contributed by atoms with van der Waals surface area (Å²) in [7, 11) is 0. The first-order valence-electron chi connectivity index (χ1n) is 7.42. The normalized spacial score (nSPS) is 11.6. The molecule has 0 radical (unpaired) electrons. The monoisotopic (exact) mass is 322 g/mol. The lowest BCUT2D eigenvalue weighted by Crippen LogP contribution is -2.47. The Morgan fingerprint density at radius 2 is 2.00 bits per heavy atom. The minimum Gasteiger partial charge on any atom is -0.351 e. The molecule has 5 heteroatoms. The summed E-state index contributed by atoms with van der Waals surface area (Å²) in [6.07, 6.45) is 2.78. The van der Waals surface area contributed by atoms with Crippen LogP contribution in [0.15, 0.2) is 36.9 Å². The summed E-state index contributed by atoms with van der Waals surface area (Å²) >= 11 is 5.88. The zero-order valence-electron chi connectivity index (χ0n) is 13.1. The number of carbonyl (C=O) groups is 2. The van der Waals surface area contributed by atoms with Gasteiger partial charge in [0.15, 0.2) is 0 Å². The standard InChI is InChI=1S/C17H23ClN2O2/c1-4-6-16(21)20(13(3)17(22)19-11-5-2)12-14-7-9-15(18)10-8-14/h5,7-10,13H,2,4,6,11-12H2,1,3H3,(H,19,22)/t13-/m1/s1. The zero-order valence-corrected chi connectivity index (χ0v) is 13.9. The van der Waals surface area contributed by atoms with Crippen LogP contribution < -0.4 is 5.32 Å². The summed E-state index contributed by atoms with van der Waals surface area (Å²) in [5.74, 6) is -0.211. The van der Waals surface area contributed by atoms with Crippen LogP contribution in [0.4, 0.5) is 0 Å². The van der Waals surface area contributed by atoms with Gasteiger partial charge < -0.3 is 10.2 Å². The van der Waals surface area contributed by atoms with Crippen molar-refractivity contribution in [1.82, 2.24) is 10.2 Å². The van der Waals surface area contributed by atoms with Gasteiger partial charge in [0, 0.05) is 24.5 Å². The van der Waals surface area contributed by atoms with E-state index in [2.05, 4.69) is 11.9 Å². The molecule has 0 fully saturated rings. The molecule has 0 unspecified atom stereocenters. The van der Waals surface area contributed by atoms with Gasteiger partial charge in [-0.05, 0) is 31.0 Å². The van der Waals surface area contributed by atoms with Crippen LogP contribution in [0.3, 0.4) is 0 Å². The Hall–Kier alpha value is -1.81. The Morgan fingerprint density at radius 1 is 1.36 bits per heavy atom. The lowest BCUT2D eigenvalue weighted by Gasteiger charge is -2.28. The van der Waals surface area contributed by atoms with Crippen molar-refractivity contribution in [3.05, 3.63) is 47.5 Å². The van der Waals surface area contributed by atoms with Gasteiger partial charge in [0.2, 0.25) is 11.8 Å². The molecule has 0 saturated heterocycles. The molecule has 1 N–H and O–H groups in total. The Balaban J connectivity index is 2.87. The van der Waals surface area contributed by atoms with Crippen molar-refractivity contribution in [2.75, 3.05) is 6.54 Å². The van der Waals surface area contributed by atoms with E-state index in [1.165, 1.54) is 0 Å². The molecule has 0 saturated carbocycles. The SMILES string of the molecule is C=CCNC(=O)[C@@H](C)N(Cc1ccc(Cl)cc1)C(=O)CCC. The van der Waals surface area contributed by atoms with Crippen LogP contribution in [-0.4, -0.2) is 29.3 Å². The summed E-state index contributed by atoms with van der Waals surface area (Å²) in [4.78, 5) is 26.1. The fourth-order valence-corrected chi connectivity index (χ4v) is 2.17. The van der Waals surface area contributed by atoms with Crippen LogP contribution in [-0.2, 0) is 16.1 Å². The Kier molecular flexibility index (Phi) is 7.67. The predicted octanol–water partition coefficient (Wildman–Crippen LogP) is 3.16. The molecular formula is C17H23ClN2O2. The molecule has 120 valence electrons. The average molecular weight is 323 g/mol. The van der Waals surface area contributed by atoms with E-state index in [1.54, 1.807) is 30.0 Å². The van der Waals surface area contributed by atoms with Crippen molar-refractivity contribution in [2.24, 2.45) is 0 Å². The van der Waals surface area contributed by atoms with Crippen LogP contribution in [0, 0.1) is 0 Å². The maximum Gasteiger partial charge on any atom is 0.242 e. The molecule has 0 aliphatic rings. The van der Waals surface area contributed by atoms with Gasteiger partial charge in [-0.1, -0.05) is 36.7 Å². The molecule has 22 heavy (non-hydrogen) atoms. The highest BCUT2D eigenvalue weighted by Gasteiger charge is 2.25. The number of benzene rings is 1. The average Bonchev–Trinajstić information content (AvgIpc) is 2.51. The molecule has 0 bridgehead atoms. The number of rotatable bonds is 8. The second-order valence-electron chi connectivity index (χ2n) is 5.11. The molecule has 0 aliphatic carbocycles. The third kappa shape index (κ3) is 5.53. The van der Waals surface area contributed by atoms with Crippen LogP contribution >= 0.6 is 11.6 Å². The van der Waals surface area contributed by atoms with Crippen molar-refractivity contribution < 1.29 is 9.59 Å². The van der Waals surface area contributed by atoms with Gasteiger partial charge in [0.05, 0.1) is 0 Å². The second kappa shape index (κ2) is 9.26. The molecule has 1 atom stereocenters. The van der Waals surface area contributed by atoms with Gasteiger partial charge in [0.1, 0.15) is 6.04 Å². The second-order valence-corrected chi connectivity index (χ2v) is 5.54. The fraction of sp³-hybridized carbons (Fsp3) is 0.412. The van der Waals surface area contributed by atoms with Gasteiger partial charge in [-0.3, -0.25) is 9.59 Å². The van der Waals surface area contributed by atoms with Crippen LogP contribution in [0.5, 0.6) is 0 Å². The third-order valence-corrected chi connectivity index (χ3v) is 3.57. The molecule has 0 aromatic heterocycles. The Morgan fingerprint density at radius 3 is 2.55 bits per heavy atom. The summed E-state index contributed by atoms with van der Waals surface area (Å²) in [5.41, 5.74) is 0.942. The maximum absolute atomic E-state index is 12.3. The lowest BCUT2D eigenvalue weighted by molar-refractivity contribution is -0.140. The van der Waals surface area contributed by atoms with E-state index < -0.39 is 6.04 Å². The summed E-state index contributed by atoms with van der Waals surface area (Å²) in [6.45, 7) is 8.03. The number of hydrogen-bond donors (Lipinski definition) is 1. The molecule has 2 amide bonds. The minimum absolute atomic E-state index is 0.0290. The van der Waals surface area contributed by atoms with Crippen molar-refractivity contribution in [3.8, 4) is 0 Å². The van der Waals surface area contributed by atoms with Crippen molar-refractivity contribution in [2.45, 2.75) is 39.3 Å². The number of hydrogen-bond acceptors (Lipinski definition) is 2. The highest BCUT2D eigenvalue weighted by Crippen LogP contribution is 2.14. The molecule has 0 heterocycles. The van der Waals surface area contributed by atoms with E-state index in [-0.39, 0.29) is 11.8 Å². The molecule has 1 rings (SSSR count). The van der Waals surface area contributed by atoms with Gasteiger partial charge >= 0.3 is 0 Å². The summed E-state index contributed by atoms with van der Waals surface area (Å²) in [5, 5.41) is 3.38. The number of nitrogens with one attached hydrogen (secondary N) is 1. The van der Waals surface area contributed by atoms with Crippen LogP contribution in [0.1, 0.15) is 32.3 Å². The third-order valence-electron chi connectivity index (χ3n) is 3.32. The Bertz CT molecular complexity index is 514. The number of amides is 2. The van der Waals surface area contributed by atoms with E-state index >= 15 is 0 Å². The van der Waals surface area contributed by atoms with E-state index in [0.29, 0.717) is 24.5 Å². The highest BCUT2D eigenvalue weighted by molar-refractivity contribution is 6.30. The van der Waals surface area contributed by atoms with Gasteiger partial charge in [-0.2, -0.15) is 0 Å². The fourth-order valence-electron chi connectivity index (χ4n) is 2.05. The first-order chi connectivity index (χ1) is 10.5. The molecule has 1 aromatic carbocycles. The van der Waals surface area contributed by atoms with Crippen molar-refractivity contribution in [3.63, 3.8) is 0 Å². The van der Waals surface area contributed by atoms with E-state index in [4.69, 9.17) is 11.6 Å². The number of carbonyl (C=O) groups excluding carboxylic acids is 2. The largest absolute Gasteiger partial charge is 0.351 e. The molecule has 0 spiro atoms. The smallest absolute Gasteiger partial charge is 0.242 e. The van der Waals surface area contributed by atoms with E-state index in [9.17, 15) is 9.59 Å². The molecular weight excluding hydrogens is 300 g/mol. The Labute approximate surface area is 137 Å². The van der Waals surface area contributed by atoms with Gasteiger partial charge in [-0.15, -0.1) is 6.58 Å². The van der Waals surface area contributed by atoms with E-state index in [0.717, 1.165) is 12.0 Å². The number of halogens is 1. The summed E-state index contributed by atoms with van der Waals surface area (Å²) < 4.78 is 0. The molecule has 4 nitrogen and oxygen atoms in total. The summed E-state index contributed by atoms with van der Waals surface area (Å²) in [6, 6.07) is 6.75. The molecule has 1 aromatic rings. The van der Waals surface area contributed by atoms with Crippen LogP contribution in [0.25, 0.3) is 0 Å². The number of nitrogens with zero attached hydrogens (tertiary/aromatic N) is 1. The topological polar surface area (TPSA) is 49.4 Å². The van der Waals surface area contributed by atoms with Gasteiger partial charge in [-0.25, -0.2) is 0 Å². The lowest BCUT2D eigenvalue weighted by atomic mass is 10.1. The van der Waals surface area contributed by atoms with E-state index in [1.807, 2.05) is 19.1 Å². The van der Waals surface area contributed by atoms with Crippen molar-refractivity contribution >= 4 is 23.4 Å². The molecule has 0 aliphatic heterocycles. The first-order valence-corrected chi connectivity index (χ1v) is 7.79. The highest BCUT2D eigenvalue weighted by atomic mass is 35.5. The van der Waals surface area contributed by atoms with Crippen LogP contribution in [0.2, 0.25) is 5.02 Å². The zero-order chi connectivity index (χ0) is 16.5. The minimum atomic E-state index is -0.533. The van der Waals surface area contributed by atoms with Gasteiger partial charge in [0.25, 0.3) is 0 Å². The quantitative estimate of drug-likeness (QED) is 0.747. The predicted molar refractivity (Wildman–Crippen MR) is 89.6 cm³/mol.